The summed E-state index contributed by atoms with van der Waals surface area (Å²) in [6, 6.07) is 19.0. The van der Waals surface area contributed by atoms with Crippen LogP contribution in [0, 0.1) is 12.8 Å². The maximum Gasteiger partial charge on any atom is 0.276 e. The molecule has 4 rings (SSSR count). The van der Waals surface area contributed by atoms with Gasteiger partial charge in [-0.15, -0.1) is 0 Å². The molecule has 180 valence electrons. The van der Waals surface area contributed by atoms with Crippen molar-refractivity contribution in [1.82, 2.24) is 10.4 Å². The fourth-order valence-electron chi connectivity index (χ4n) is 4.05. The molecule has 3 aromatic rings. The number of imide groups is 1. The SMILES string of the molecule is Cc1cccc(N2C(=O)CC(N(NC(=O)COc3cccc4ccccc34)C(=O)C(C)C)C2=O)c1. The molecule has 1 fully saturated rings. The number of aryl methyl sites for hydroxylation is 1. The number of benzene rings is 3. The van der Waals surface area contributed by atoms with Crippen LogP contribution in [0.3, 0.4) is 0 Å². The number of rotatable bonds is 6. The predicted molar refractivity (Wildman–Crippen MR) is 131 cm³/mol. The van der Waals surface area contributed by atoms with Gasteiger partial charge in [0.2, 0.25) is 11.8 Å². The van der Waals surface area contributed by atoms with Crippen molar-refractivity contribution >= 4 is 40.1 Å². The molecule has 8 heteroatoms. The highest BCUT2D eigenvalue weighted by Crippen LogP contribution is 2.27. The monoisotopic (exact) mass is 473 g/mol. The normalized spacial score (nSPS) is 15.5. The number of ether oxygens (including phenoxy) is 1. The Morgan fingerprint density at radius 1 is 1.06 bits per heavy atom. The third-order valence-corrected chi connectivity index (χ3v) is 5.78. The van der Waals surface area contributed by atoms with Crippen LogP contribution in [0.5, 0.6) is 5.75 Å². The molecule has 0 aromatic heterocycles. The van der Waals surface area contributed by atoms with E-state index >= 15 is 0 Å². The molecule has 1 heterocycles. The summed E-state index contributed by atoms with van der Waals surface area (Å²) in [6.45, 7) is 4.81. The summed E-state index contributed by atoms with van der Waals surface area (Å²) in [6.07, 6.45) is -0.226. The van der Waals surface area contributed by atoms with Crippen LogP contribution in [0.4, 0.5) is 5.69 Å². The first-order valence-corrected chi connectivity index (χ1v) is 11.4. The standard InChI is InChI=1S/C27H27N3O5/c1-17(2)26(33)30(22-15-25(32)29(27(22)34)20-11-6-8-18(3)14-20)28-24(31)16-35-23-13-7-10-19-9-4-5-12-21(19)23/h4-14,17,22H,15-16H2,1-3H3,(H,28,31). The molecular formula is C27H27N3O5. The van der Waals surface area contributed by atoms with E-state index in [-0.39, 0.29) is 13.0 Å². The number of amides is 4. The van der Waals surface area contributed by atoms with Crippen molar-refractivity contribution in [2.24, 2.45) is 5.92 Å². The van der Waals surface area contributed by atoms with Gasteiger partial charge in [0.15, 0.2) is 6.61 Å². The lowest BCUT2D eigenvalue weighted by atomic mass is 10.1. The van der Waals surface area contributed by atoms with Crippen molar-refractivity contribution in [2.75, 3.05) is 11.5 Å². The van der Waals surface area contributed by atoms with Crippen LogP contribution in [0.15, 0.2) is 66.7 Å². The molecule has 1 aliphatic heterocycles. The number of carbonyl (C=O) groups is 4. The molecule has 1 N–H and O–H groups in total. The minimum absolute atomic E-state index is 0.226. The highest BCUT2D eigenvalue weighted by Gasteiger charge is 2.45. The molecular weight excluding hydrogens is 446 g/mol. The van der Waals surface area contributed by atoms with Crippen LogP contribution in [-0.2, 0) is 19.2 Å². The van der Waals surface area contributed by atoms with Crippen molar-refractivity contribution in [3.63, 3.8) is 0 Å². The highest BCUT2D eigenvalue weighted by molar-refractivity contribution is 6.23. The van der Waals surface area contributed by atoms with Crippen molar-refractivity contribution in [3.05, 3.63) is 72.3 Å². The van der Waals surface area contributed by atoms with E-state index in [1.807, 2.05) is 49.4 Å². The minimum atomic E-state index is -1.14. The minimum Gasteiger partial charge on any atom is -0.483 e. The van der Waals surface area contributed by atoms with Crippen molar-refractivity contribution in [1.29, 1.82) is 0 Å². The molecule has 1 unspecified atom stereocenters. The Bertz CT molecular complexity index is 1300. The van der Waals surface area contributed by atoms with Gasteiger partial charge in [-0.2, -0.15) is 0 Å². The number of nitrogens with one attached hydrogen (secondary N) is 1. The Balaban J connectivity index is 1.51. The van der Waals surface area contributed by atoms with E-state index in [9.17, 15) is 19.2 Å². The van der Waals surface area contributed by atoms with Gasteiger partial charge < -0.3 is 4.74 Å². The van der Waals surface area contributed by atoms with Crippen LogP contribution in [0.25, 0.3) is 10.8 Å². The molecule has 3 aromatic carbocycles. The Kier molecular flexibility index (Phi) is 6.82. The van der Waals surface area contributed by atoms with Crippen molar-refractivity contribution < 1.29 is 23.9 Å². The summed E-state index contributed by atoms with van der Waals surface area (Å²) in [4.78, 5) is 52.8. The number of anilines is 1. The Morgan fingerprint density at radius 2 is 1.77 bits per heavy atom. The lowest BCUT2D eigenvalue weighted by molar-refractivity contribution is -0.150. The van der Waals surface area contributed by atoms with E-state index in [1.165, 1.54) is 0 Å². The van der Waals surface area contributed by atoms with Crippen molar-refractivity contribution in [3.8, 4) is 5.75 Å². The van der Waals surface area contributed by atoms with E-state index in [0.29, 0.717) is 11.4 Å². The largest absolute Gasteiger partial charge is 0.483 e. The Labute approximate surface area is 203 Å². The molecule has 1 saturated heterocycles. The van der Waals surface area contributed by atoms with Gasteiger partial charge in [0.05, 0.1) is 12.1 Å². The lowest BCUT2D eigenvalue weighted by Gasteiger charge is -2.29. The zero-order chi connectivity index (χ0) is 25.1. The van der Waals surface area contributed by atoms with E-state index in [2.05, 4.69) is 5.43 Å². The third-order valence-electron chi connectivity index (χ3n) is 5.78. The zero-order valence-electron chi connectivity index (χ0n) is 19.9. The van der Waals surface area contributed by atoms with E-state index in [0.717, 1.165) is 26.2 Å². The molecule has 35 heavy (non-hydrogen) atoms. The van der Waals surface area contributed by atoms with E-state index in [4.69, 9.17) is 4.74 Å². The number of carbonyl (C=O) groups excluding carboxylic acids is 4. The number of nitrogens with zero attached hydrogens (tertiary/aromatic N) is 2. The first kappa shape index (κ1) is 23.9. The predicted octanol–water partition coefficient (Wildman–Crippen LogP) is 3.37. The zero-order valence-corrected chi connectivity index (χ0v) is 19.9. The van der Waals surface area contributed by atoms with Crippen LogP contribution in [0.1, 0.15) is 25.8 Å². The molecule has 0 spiro atoms. The van der Waals surface area contributed by atoms with E-state index in [1.54, 1.807) is 38.1 Å². The van der Waals surface area contributed by atoms with Crippen LogP contribution >= 0.6 is 0 Å². The average Bonchev–Trinajstić information content (AvgIpc) is 3.14. The van der Waals surface area contributed by atoms with Crippen LogP contribution < -0.4 is 15.1 Å². The smallest absolute Gasteiger partial charge is 0.276 e. The second kappa shape index (κ2) is 9.97. The van der Waals surface area contributed by atoms with Gasteiger partial charge in [0.25, 0.3) is 11.8 Å². The fourth-order valence-corrected chi connectivity index (χ4v) is 4.05. The highest BCUT2D eigenvalue weighted by atomic mass is 16.5. The summed E-state index contributed by atoms with van der Waals surface area (Å²) in [5, 5.41) is 2.80. The number of fused-ring (bicyclic) bond motifs is 1. The molecule has 0 saturated carbocycles. The summed E-state index contributed by atoms with van der Waals surface area (Å²) < 4.78 is 5.72. The first-order chi connectivity index (χ1) is 16.8. The second-order valence-corrected chi connectivity index (χ2v) is 8.79. The van der Waals surface area contributed by atoms with Crippen LogP contribution in [-0.4, -0.2) is 41.3 Å². The molecule has 0 aliphatic carbocycles. The molecule has 0 radical (unpaired) electrons. The fraction of sp³-hybridized carbons (Fsp3) is 0.259. The molecule has 4 amide bonds. The quantitative estimate of drug-likeness (QED) is 0.437. The number of hydrazine groups is 1. The summed E-state index contributed by atoms with van der Waals surface area (Å²) >= 11 is 0. The van der Waals surface area contributed by atoms with Crippen molar-refractivity contribution in [2.45, 2.75) is 33.2 Å². The average molecular weight is 474 g/mol. The number of hydrogen-bond acceptors (Lipinski definition) is 5. The van der Waals surface area contributed by atoms with Gasteiger partial charge in [-0.3, -0.25) is 24.6 Å². The van der Waals surface area contributed by atoms with Gasteiger partial charge in [0.1, 0.15) is 11.8 Å². The second-order valence-electron chi connectivity index (χ2n) is 8.79. The topological polar surface area (TPSA) is 96.0 Å². The first-order valence-electron chi connectivity index (χ1n) is 11.4. The third kappa shape index (κ3) is 5.01. The van der Waals surface area contributed by atoms with Gasteiger partial charge in [-0.25, -0.2) is 9.91 Å². The summed E-state index contributed by atoms with van der Waals surface area (Å²) in [5.74, 6) is -2.07. The van der Waals surface area contributed by atoms with Crippen LogP contribution in [0.2, 0.25) is 0 Å². The molecule has 1 aliphatic rings. The number of hydrogen-bond donors (Lipinski definition) is 1. The Morgan fingerprint density at radius 3 is 2.51 bits per heavy atom. The maximum atomic E-state index is 13.2. The van der Waals surface area contributed by atoms with E-state index < -0.39 is 35.6 Å². The Hall–Kier alpha value is -4.20. The van der Waals surface area contributed by atoms with Gasteiger partial charge >= 0.3 is 0 Å². The lowest BCUT2D eigenvalue weighted by Crippen LogP contribution is -2.56. The molecule has 8 nitrogen and oxygen atoms in total. The summed E-state index contributed by atoms with van der Waals surface area (Å²) in [7, 11) is 0. The summed E-state index contributed by atoms with van der Waals surface area (Å²) in [5.41, 5.74) is 3.84. The molecule has 0 bridgehead atoms. The maximum absolute atomic E-state index is 13.2. The van der Waals surface area contributed by atoms with Gasteiger partial charge in [-0.05, 0) is 36.1 Å². The molecule has 1 atom stereocenters. The van der Waals surface area contributed by atoms with Gasteiger partial charge in [0, 0.05) is 11.3 Å². The van der Waals surface area contributed by atoms with Gasteiger partial charge in [-0.1, -0.05) is 62.4 Å².